The summed E-state index contributed by atoms with van der Waals surface area (Å²) < 4.78 is 5.42. The van der Waals surface area contributed by atoms with Gasteiger partial charge >= 0.3 is 0 Å². The molecule has 2 atom stereocenters. The molecule has 0 heterocycles. The minimum Gasteiger partial charge on any atom is -0.496 e. The number of benzene rings is 1. The number of methoxy groups -OCH3 is 1. The van der Waals surface area contributed by atoms with Crippen LogP contribution in [0.3, 0.4) is 0 Å². The van der Waals surface area contributed by atoms with Crippen LogP contribution in [0.4, 0.5) is 0 Å². The monoisotopic (exact) mass is 262 g/mol. The van der Waals surface area contributed by atoms with E-state index in [4.69, 9.17) is 4.74 Å². The van der Waals surface area contributed by atoms with Gasteiger partial charge in [-0.05, 0) is 38.9 Å². The zero-order valence-corrected chi connectivity index (χ0v) is 12.4. The van der Waals surface area contributed by atoms with Gasteiger partial charge in [0.2, 0.25) is 0 Å². The molecule has 0 bridgehead atoms. The van der Waals surface area contributed by atoms with E-state index in [1.54, 1.807) is 7.11 Å². The molecule has 1 aliphatic carbocycles. The molecular weight excluding hydrogens is 236 g/mol. The highest BCUT2D eigenvalue weighted by molar-refractivity contribution is 5.33. The number of nitrogens with zero attached hydrogens (tertiary/aromatic N) is 1. The lowest BCUT2D eigenvalue weighted by Gasteiger charge is -2.25. The average Bonchev–Trinajstić information content (AvgIpc) is 2.86. The molecule has 3 nitrogen and oxygen atoms in total. The third-order valence-electron chi connectivity index (χ3n) is 4.21. The molecule has 19 heavy (non-hydrogen) atoms. The van der Waals surface area contributed by atoms with Crippen molar-refractivity contribution in [1.82, 2.24) is 10.2 Å². The van der Waals surface area contributed by atoms with E-state index < -0.39 is 0 Å². The molecule has 0 spiro atoms. The van der Waals surface area contributed by atoms with Crippen molar-refractivity contribution in [3.8, 4) is 5.75 Å². The summed E-state index contributed by atoms with van der Waals surface area (Å²) in [7, 11) is 6.04. The van der Waals surface area contributed by atoms with Crippen LogP contribution < -0.4 is 10.1 Å². The zero-order chi connectivity index (χ0) is 13.7. The van der Waals surface area contributed by atoms with E-state index in [0.717, 1.165) is 24.8 Å². The molecule has 2 rings (SSSR count). The summed E-state index contributed by atoms with van der Waals surface area (Å²) >= 11 is 0. The Morgan fingerprint density at radius 1 is 1.32 bits per heavy atom. The van der Waals surface area contributed by atoms with Crippen LogP contribution >= 0.6 is 0 Å². The lowest BCUT2D eigenvalue weighted by molar-refractivity contribution is 0.246. The zero-order valence-electron chi connectivity index (χ0n) is 12.4. The predicted octanol–water partition coefficient (Wildman–Crippen LogP) is 2.52. The van der Waals surface area contributed by atoms with Gasteiger partial charge in [0, 0.05) is 24.7 Å². The van der Waals surface area contributed by atoms with Crippen molar-refractivity contribution >= 4 is 0 Å². The van der Waals surface area contributed by atoms with Gasteiger partial charge in [-0.1, -0.05) is 24.6 Å². The summed E-state index contributed by atoms with van der Waals surface area (Å²) in [6, 6.07) is 8.99. The first-order chi connectivity index (χ1) is 9.24. The molecule has 0 saturated heterocycles. The number of nitrogens with one attached hydrogen (secondary N) is 1. The molecule has 1 saturated carbocycles. The van der Waals surface area contributed by atoms with Gasteiger partial charge in [-0.2, -0.15) is 0 Å². The largest absolute Gasteiger partial charge is 0.496 e. The SMILES string of the molecule is CNC1CCCC1CN(C)Cc1ccccc1OC. The second-order valence-corrected chi connectivity index (χ2v) is 5.59. The van der Waals surface area contributed by atoms with Crippen molar-refractivity contribution in [3.05, 3.63) is 29.8 Å². The molecule has 1 aromatic carbocycles. The van der Waals surface area contributed by atoms with Crippen molar-refractivity contribution in [3.63, 3.8) is 0 Å². The summed E-state index contributed by atoms with van der Waals surface area (Å²) in [5.41, 5.74) is 1.27. The van der Waals surface area contributed by atoms with Crippen LogP contribution in [0, 0.1) is 5.92 Å². The van der Waals surface area contributed by atoms with Gasteiger partial charge in [0.05, 0.1) is 7.11 Å². The van der Waals surface area contributed by atoms with Crippen LogP contribution in [0.25, 0.3) is 0 Å². The molecule has 1 aliphatic rings. The third-order valence-corrected chi connectivity index (χ3v) is 4.21. The third kappa shape index (κ3) is 3.71. The quantitative estimate of drug-likeness (QED) is 0.852. The van der Waals surface area contributed by atoms with E-state index in [2.05, 4.69) is 36.4 Å². The second-order valence-electron chi connectivity index (χ2n) is 5.59. The Labute approximate surface area is 116 Å². The van der Waals surface area contributed by atoms with Crippen molar-refractivity contribution in [1.29, 1.82) is 0 Å². The average molecular weight is 262 g/mol. The highest BCUT2D eigenvalue weighted by Gasteiger charge is 2.26. The highest BCUT2D eigenvalue weighted by atomic mass is 16.5. The number of hydrogen-bond donors (Lipinski definition) is 1. The Hall–Kier alpha value is -1.06. The second kappa shape index (κ2) is 6.92. The Bertz CT molecular complexity index is 394. The summed E-state index contributed by atoms with van der Waals surface area (Å²) in [4.78, 5) is 2.41. The number of para-hydroxylation sites is 1. The molecule has 1 N–H and O–H groups in total. The van der Waals surface area contributed by atoms with E-state index in [1.165, 1.54) is 24.8 Å². The number of rotatable bonds is 6. The molecule has 0 aliphatic heterocycles. The van der Waals surface area contributed by atoms with E-state index in [-0.39, 0.29) is 0 Å². The predicted molar refractivity (Wildman–Crippen MR) is 79.5 cm³/mol. The normalized spacial score (nSPS) is 22.9. The minimum atomic E-state index is 0.695. The van der Waals surface area contributed by atoms with Crippen LogP contribution in [0.5, 0.6) is 5.75 Å². The molecule has 2 unspecified atom stereocenters. The van der Waals surface area contributed by atoms with Gasteiger partial charge in [0.1, 0.15) is 5.75 Å². The first kappa shape index (κ1) is 14.4. The van der Waals surface area contributed by atoms with Crippen LogP contribution in [0.1, 0.15) is 24.8 Å². The van der Waals surface area contributed by atoms with Crippen molar-refractivity contribution in [2.24, 2.45) is 5.92 Å². The molecule has 106 valence electrons. The Morgan fingerprint density at radius 2 is 2.11 bits per heavy atom. The van der Waals surface area contributed by atoms with Gasteiger partial charge in [0.15, 0.2) is 0 Å². The van der Waals surface area contributed by atoms with Gasteiger partial charge in [0.25, 0.3) is 0 Å². The van der Waals surface area contributed by atoms with Gasteiger partial charge in [-0.25, -0.2) is 0 Å². The fraction of sp³-hybridized carbons (Fsp3) is 0.625. The van der Waals surface area contributed by atoms with Crippen LogP contribution in [0.2, 0.25) is 0 Å². The smallest absolute Gasteiger partial charge is 0.123 e. The maximum atomic E-state index is 5.42. The lowest BCUT2D eigenvalue weighted by atomic mass is 10.0. The van der Waals surface area contributed by atoms with Gasteiger partial charge < -0.3 is 15.0 Å². The summed E-state index contributed by atoms with van der Waals surface area (Å²) in [5.74, 6) is 1.77. The molecule has 0 aromatic heterocycles. The molecule has 0 radical (unpaired) electrons. The maximum absolute atomic E-state index is 5.42. The van der Waals surface area contributed by atoms with Crippen molar-refractivity contribution in [2.75, 3.05) is 27.7 Å². The molecule has 0 amide bonds. The van der Waals surface area contributed by atoms with Crippen molar-refractivity contribution in [2.45, 2.75) is 31.8 Å². The van der Waals surface area contributed by atoms with Gasteiger partial charge in [-0.3, -0.25) is 0 Å². The minimum absolute atomic E-state index is 0.695. The topological polar surface area (TPSA) is 24.5 Å². The maximum Gasteiger partial charge on any atom is 0.123 e. The van der Waals surface area contributed by atoms with E-state index in [9.17, 15) is 0 Å². The van der Waals surface area contributed by atoms with Crippen LogP contribution in [-0.4, -0.2) is 38.7 Å². The molecular formula is C16H26N2O. The highest BCUT2D eigenvalue weighted by Crippen LogP contribution is 2.27. The Kier molecular flexibility index (Phi) is 5.23. The summed E-state index contributed by atoms with van der Waals surface area (Å²) in [5, 5.41) is 3.45. The van der Waals surface area contributed by atoms with Crippen molar-refractivity contribution < 1.29 is 4.74 Å². The van der Waals surface area contributed by atoms with Crippen LogP contribution in [0.15, 0.2) is 24.3 Å². The first-order valence-electron chi connectivity index (χ1n) is 7.22. The molecule has 1 aromatic rings. The fourth-order valence-electron chi connectivity index (χ4n) is 3.22. The summed E-state index contributed by atoms with van der Waals surface area (Å²) in [6.07, 6.45) is 4.03. The van der Waals surface area contributed by atoms with Crippen LogP contribution in [-0.2, 0) is 6.54 Å². The fourth-order valence-corrected chi connectivity index (χ4v) is 3.22. The van der Waals surface area contributed by atoms with E-state index in [0.29, 0.717) is 6.04 Å². The number of ether oxygens (including phenoxy) is 1. The Balaban J connectivity index is 1.92. The van der Waals surface area contributed by atoms with E-state index >= 15 is 0 Å². The van der Waals surface area contributed by atoms with E-state index in [1.807, 2.05) is 12.1 Å². The standard InChI is InChI=1S/C16H26N2O/c1-17-15-9-6-8-13(15)11-18(2)12-14-7-4-5-10-16(14)19-3/h4-5,7,10,13,15,17H,6,8-9,11-12H2,1-3H3. The van der Waals surface area contributed by atoms with Gasteiger partial charge in [-0.15, -0.1) is 0 Å². The Morgan fingerprint density at radius 3 is 2.84 bits per heavy atom. The number of hydrogen-bond acceptors (Lipinski definition) is 3. The lowest BCUT2D eigenvalue weighted by Crippen LogP contribution is -2.36. The molecule has 1 fully saturated rings. The molecule has 3 heteroatoms. The summed E-state index contributed by atoms with van der Waals surface area (Å²) in [6.45, 7) is 2.11. The first-order valence-corrected chi connectivity index (χ1v) is 7.22.